The lowest BCUT2D eigenvalue weighted by Gasteiger charge is -2.34. The van der Waals surface area contributed by atoms with Crippen molar-refractivity contribution < 1.29 is 9.84 Å². The van der Waals surface area contributed by atoms with Gasteiger partial charge in [-0.25, -0.2) is 4.68 Å². The molecule has 0 amide bonds. The summed E-state index contributed by atoms with van der Waals surface area (Å²) in [6.07, 6.45) is 1.80. The number of para-hydroxylation sites is 1. The molecule has 0 aliphatic carbocycles. The van der Waals surface area contributed by atoms with Crippen LogP contribution in [0.15, 0.2) is 60.8 Å². The van der Waals surface area contributed by atoms with Crippen molar-refractivity contribution in [2.45, 2.75) is 0 Å². The lowest BCUT2D eigenvalue weighted by molar-refractivity contribution is 0.188. The van der Waals surface area contributed by atoms with Crippen molar-refractivity contribution in [3.05, 3.63) is 60.8 Å². The highest BCUT2D eigenvalue weighted by Gasteiger charge is 2.22. The van der Waals surface area contributed by atoms with Crippen molar-refractivity contribution in [1.29, 1.82) is 0 Å². The first kappa shape index (κ1) is 21.2. The Hall–Kier alpha value is -3.69. The van der Waals surface area contributed by atoms with Crippen LogP contribution < -0.4 is 15.0 Å². The average molecular weight is 446 g/mol. The molecule has 1 saturated heterocycles. The molecule has 1 fully saturated rings. The average Bonchev–Trinajstić information content (AvgIpc) is 3.30. The van der Waals surface area contributed by atoms with Crippen LogP contribution in [0.3, 0.4) is 0 Å². The summed E-state index contributed by atoms with van der Waals surface area (Å²) in [4.78, 5) is 14.3. The van der Waals surface area contributed by atoms with Crippen LogP contribution >= 0.6 is 0 Å². The van der Waals surface area contributed by atoms with Gasteiger partial charge in [0.15, 0.2) is 5.65 Å². The summed E-state index contributed by atoms with van der Waals surface area (Å²) in [7, 11) is 1.65. The standard InChI is InChI=1S/C24H27N7O2/c1-33-20-9-7-18(8-10-20)26-22-21-17-25-31(19-5-3-2-4-6-19)23(21)28-24(27-22)30-13-11-29(12-14-30)15-16-32/h2-10,17,32H,11-16H2,1H3,(H,26,27,28). The second-order valence-corrected chi connectivity index (χ2v) is 7.91. The minimum Gasteiger partial charge on any atom is -0.497 e. The molecule has 0 saturated carbocycles. The normalized spacial score (nSPS) is 14.5. The minimum absolute atomic E-state index is 0.175. The number of rotatable bonds is 7. The number of aliphatic hydroxyl groups excluding tert-OH is 1. The number of nitrogens with zero attached hydrogens (tertiary/aromatic N) is 6. The molecule has 0 atom stereocenters. The monoisotopic (exact) mass is 445 g/mol. The van der Waals surface area contributed by atoms with Crippen molar-refractivity contribution in [1.82, 2.24) is 24.6 Å². The van der Waals surface area contributed by atoms with Crippen LogP contribution in [0.25, 0.3) is 16.7 Å². The van der Waals surface area contributed by atoms with E-state index >= 15 is 0 Å². The van der Waals surface area contributed by atoms with E-state index in [4.69, 9.17) is 14.7 Å². The Labute approximate surface area is 192 Å². The van der Waals surface area contributed by atoms with E-state index in [-0.39, 0.29) is 6.61 Å². The number of hydrogen-bond acceptors (Lipinski definition) is 8. The quantitative estimate of drug-likeness (QED) is 0.449. The Balaban J connectivity index is 1.53. The molecular weight excluding hydrogens is 418 g/mol. The van der Waals surface area contributed by atoms with Gasteiger partial charge in [0.05, 0.1) is 31.0 Å². The van der Waals surface area contributed by atoms with E-state index in [2.05, 4.69) is 20.2 Å². The molecule has 4 aromatic rings. The van der Waals surface area contributed by atoms with E-state index < -0.39 is 0 Å². The number of piperazine rings is 1. The number of methoxy groups -OCH3 is 1. The van der Waals surface area contributed by atoms with E-state index in [0.29, 0.717) is 18.3 Å². The molecule has 33 heavy (non-hydrogen) atoms. The molecule has 2 N–H and O–H groups in total. The van der Waals surface area contributed by atoms with Crippen LogP contribution in [0.1, 0.15) is 0 Å². The molecule has 0 radical (unpaired) electrons. The maximum atomic E-state index is 9.24. The minimum atomic E-state index is 0.175. The van der Waals surface area contributed by atoms with Gasteiger partial charge in [0.25, 0.3) is 0 Å². The molecule has 2 aromatic carbocycles. The van der Waals surface area contributed by atoms with Crippen molar-refractivity contribution >= 4 is 28.5 Å². The molecule has 3 heterocycles. The van der Waals surface area contributed by atoms with Crippen molar-refractivity contribution in [2.24, 2.45) is 0 Å². The summed E-state index contributed by atoms with van der Waals surface area (Å²) in [6, 6.07) is 17.7. The van der Waals surface area contributed by atoms with Gasteiger partial charge in [0, 0.05) is 38.4 Å². The fourth-order valence-electron chi connectivity index (χ4n) is 4.02. The predicted molar refractivity (Wildman–Crippen MR) is 129 cm³/mol. The van der Waals surface area contributed by atoms with E-state index in [0.717, 1.165) is 54.3 Å². The number of aromatic nitrogens is 4. The number of fused-ring (bicyclic) bond motifs is 1. The number of hydrogen-bond donors (Lipinski definition) is 2. The third kappa shape index (κ3) is 4.46. The highest BCUT2D eigenvalue weighted by Crippen LogP contribution is 2.29. The van der Waals surface area contributed by atoms with Gasteiger partial charge >= 0.3 is 0 Å². The number of benzene rings is 2. The lowest BCUT2D eigenvalue weighted by atomic mass is 10.3. The number of nitrogens with one attached hydrogen (secondary N) is 1. The smallest absolute Gasteiger partial charge is 0.229 e. The Morgan fingerprint density at radius 3 is 2.42 bits per heavy atom. The first-order chi connectivity index (χ1) is 16.2. The van der Waals surface area contributed by atoms with Crippen LogP contribution in [0.4, 0.5) is 17.5 Å². The van der Waals surface area contributed by atoms with Crippen LogP contribution in [-0.4, -0.2) is 76.2 Å². The molecule has 0 bridgehead atoms. The fourth-order valence-corrected chi connectivity index (χ4v) is 4.02. The van der Waals surface area contributed by atoms with Crippen LogP contribution in [0.2, 0.25) is 0 Å². The molecule has 5 rings (SSSR count). The van der Waals surface area contributed by atoms with Crippen molar-refractivity contribution in [3.8, 4) is 11.4 Å². The summed E-state index contributed by atoms with van der Waals surface area (Å²) in [5, 5.41) is 18.1. The second kappa shape index (κ2) is 9.43. The van der Waals surface area contributed by atoms with Gasteiger partial charge in [-0.2, -0.15) is 15.1 Å². The van der Waals surface area contributed by atoms with Crippen LogP contribution in [-0.2, 0) is 0 Å². The van der Waals surface area contributed by atoms with Gasteiger partial charge in [-0.1, -0.05) is 18.2 Å². The third-order valence-electron chi connectivity index (χ3n) is 5.84. The summed E-state index contributed by atoms with van der Waals surface area (Å²) in [5.41, 5.74) is 2.60. The molecule has 9 nitrogen and oxygen atoms in total. The van der Waals surface area contributed by atoms with E-state index in [9.17, 15) is 5.11 Å². The first-order valence-corrected chi connectivity index (χ1v) is 11.1. The third-order valence-corrected chi connectivity index (χ3v) is 5.84. The molecule has 1 aliphatic heterocycles. The Kier molecular flexibility index (Phi) is 6.05. The molecule has 0 unspecified atom stereocenters. The summed E-state index contributed by atoms with van der Waals surface area (Å²) < 4.78 is 7.12. The van der Waals surface area contributed by atoms with Crippen molar-refractivity contribution in [2.75, 3.05) is 56.7 Å². The van der Waals surface area contributed by atoms with Gasteiger partial charge in [-0.05, 0) is 36.4 Å². The van der Waals surface area contributed by atoms with Gasteiger partial charge in [0.2, 0.25) is 5.95 Å². The van der Waals surface area contributed by atoms with E-state index in [1.54, 1.807) is 13.3 Å². The van der Waals surface area contributed by atoms with Gasteiger partial charge in [0.1, 0.15) is 11.6 Å². The van der Waals surface area contributed by atoms with Gasteiger partial charge < -0.3 is 20.1 Å². The highest BCUT2D eigenvalue weighted by molar-refractivity contribution is 5.90. The molecule has 0 spiro atoms. The zero-order chi connectivity index (χ0) is 22.6. The Bertz CT molecular complexity index is 1200. The Morgan fingerprint density at radius 2 is 1.73 bits per heavy atom. The van der Waals surface area contributed by atoms with Crippen LogP contribution in [0.5, 0.6) is 5.75 Å². The molecule has 1 aliphatic rings. The number of aliphatic hydroxyl groups is 1. The topological polar surface area (TPSA) is 91.6 Å². The number of β-amino-alcohol motifs (C(OH)–C–C–N with tert-alkyl or cyclic N) is 1. The summed E-state index contributed by atoms with van der Waals surface area (Å²) in [6.45, 7) is 4.19. The summed E-state index contributed by atoms with van der Waals surface area (Å²) in [5.74, 6) is 2.17. The first-order valence-electron chi connectivity index (χ1n) is 11.1. The number of anilines is 3. The zero-order valence-electron chi connectivity index (χ0n) is 18.6. The molecule has 170 valence electrons. The van der Waals surface area contributed by atoms with Crippen molar-refractivity contribution in [3.63, 3.8) is 0 Å². The van der Waals surface area contributed by atoms with E-state index in [1.165, 1.54) is 0 Å². The maximum absolute atomic E-state index is 9.24. The lowest BCUT2D eigenvalue weighted by Crippen LogP contribution is -2.47. The molecular formula is C24H27N7O2. The van der Waals surface area contributed by atoms with Crippen LogP contribution in [0, 0.1) is 0 Å². The SMILES string of the molecule is COc1ccc(Nc2nc(N3CCN(CCO)CC3)nc3c2cnn3-c2ccccc2)cc1. The maximum Gasteiger partial charge on any atom is 0.229 e. The summed E-state index contributed by atoms with van der Waals surface area (Å²) >= 11 is 0. The largest absolute Gasteiger partial charge is 0.497 e. The number of ether oxygens (including phenoxy) is 1. The highest BCUT2D eigenvalue weighted by atomic mass is 16.5. The molecule has 2 aromatic heterocycles. The Morgan fingerprint density at radius 1 is 0.970 bits per heavy atom. The van der Waals surface area contributed by atoms with Gasteiger partial charge in [-0.15, -0.1) is 0 Å². The zero-order valence-corrected chi connectivity index (χ0v) is 18.6. The second-order valence-electron chi connectivity index (χ2n) is 7.91. The van der Waals surface area contributed by atoms with Gasteiger partial charge in [-0.3, -0.25) is 4.90 Å². The molecule has 9 heteroatoms. The fraction of sp³-hybridized carbons (Fsp3) is 0.292. The van der Waals surface area contributed by atoms with E-state index in [1.807, 2.05) is 59.3 Å². The predicted octanol–water partition coefficient (Wildman–Crippen LogP) is 2.68.